The maximum Gasteiger partial charge on any atom is 0.238 e. The van der Waals surface area contributed by atoms with Gasteiger partial charge >= 0.3 is 0 Å². The maximum absolute atomic E-state index is 13.3. The van der Waals surface area contributed by atoms with Crippen LogP contribution in [0.1, 0.15) is 31.4 Å². The minimum absolute atomic E-state index is 0.0605. The van der Waals surface area contributed by atoms with Gasteiger partial charge in [-0.05, 0) is 54.1 Å². The van der Waals surface area contributed by atoms with E-state index >= 15 is 0 Å². The number of carbonyl (C=O) groups excluding carboxylic acids is 2. The lowest BCUT2D eigenvalue weighted by atomic mass is 9.63. The Bertz CT molecular complexity index is 722. The van der Waals surface area contributed by atoms with Crippen LogP contribution < -0.4 is 4.90 Å². The van der Waals surface area contributed by atoms with E-state index in [1.165, 1.54) is 6.42 Å². The predicted molar refractivity (Wildman–Crippen MR) is 92.4 cm³/mol. The molecule has 6 rings (SSSR count). The van der Waals surface area contributed by atoms with Crippen molar-refractivity contribution in [3.05, 3.63) is 41.5 Å². The second-order valence-electron chi connectivity index (χ2n) is 7.80. The molecule has 1 aromatic rings. The minimum atomic E-state index is -0.106. The Morgan fingerprint density at radius 2 is 1.42 bits per heavy atom. The van der Waals surface area contributed by atoms with Crippen molar-refractivity contribution in [2.24, 2.45) is 35.5 Å². The van der Waals surface area contributed by atoms with E-state index in [0.717, 1.165) is 29.7 Å². The van der Waals surface area contributed by atoms with Crippen LogP contribution in [0.15, 0.2) is 30.4 Å². The molecule has 3 fully saturated rings. The van der Waals surface area contributed by atoms with Crippen molar-refractivity contribution in [3.8, 4) is 0 Å². The number of rotatable bonds is 3. The number of imide groups is 1. The second kappa shape index (κ2) is 4.81. The molecule has 0 spiro atoms. The van der Waals surface area contributed by atoms with Crippen molar-refractivity contribution >= 4 is 17.5 Å². The zero-order valence-electron chi connectivity index (χ0n) is 14.2. The minimum Gasteiger partial charge on any atom is -0.274 e. The highest BCUT2D eigenvalue weighted by Gasteiger charge is 2.67. The van der Waals surface area contributed by atoms with E-state index in [1.807, 2.05) is 6.07 Å². The van der Waals surface area contributed by atoms with Gasteiger partial charge in [-0.2, -0.15) is 0 Å². The number of hydrogen-bond donors (Lipinski definition) is 0. The first-order valence-corrected chi connectivity index (χ1v) is 9.34. The van der Waals surface area contributed by atoms with Crippen LogP contribution in [0, 0.1) is 35.5 Å². The van der Waals surface area contributed by atoms with Crippen LogP contribution in [0.4, 0.5) is 5.69 Å². The monoisotopic (exact) mass is 321 g/mol. The first-order chi connectivity index (χ1) is 11.7. The summed E-state index contributed by atoms with van der Waals surface area (Å²) in [6.45, 7) is 4.19. The van der Waals surface area contributed by atoms with Gasteiger partial charge in [-0.15, -0.1) is 0 Å². The van der Waals surface area contributed by atoms with Crippen LogP contribution in [-0.4, -0.2) is 11.8 Å². The molecule has 6 atom stereocenters. The maximum atomic E-state index is 13.3. The van der Waals surface area contributed by atoms with E-state index in [0.29, 0.717) is 23.7 Å². The predicted octanol–water partition coefficient (Wildman–Crippen LogP) is 3.37. The summed E-state index contributed by atoms with van der Waals surface area (Å²) in [5.41, 5.74) is 3.11. The molecule has 5 aliphatic rings. The second-order valence-corrected chi connectivity index (χ2v) is 7.80. The van der Waals surface area contributed by atoms with Gasteiger partial charge in [-0.25, -0.2) is 4.90 Å². The molecular formula is C21H23NO2. The Morgan fingerprint density at radius 3 is 1.88 bits per heavy atom. The molecule has 2 bridgehead atoms. The van der Waals surface area contributed by atoms with Crippen molar-refractivity contribution in [1.82, 2.24) is 0 Å². The summed E-state index contributed by atoms with van der Waals surface area (Å²) in [5, 5.41) is 0. The first-order valence-electron chi connectivity index (χ1n) is 9.34. The number of anilines is 1. The van der Waals surface area contributed by atoms with Crippen molar-refractivity contribution in [1.29, 1.82) is 0 Å². The molecule has 0 unspecified atom stereocenters. The Hall–Kier alpha value is -1.90. The van der Waals surface area contributed by atoms with Crippen molar-refractivity contribution in [2.45, 2.75) is 33.1 Å². The number of amides is 2. The fraction of sp³-hybridized carbons (Fsp3) is 0.524. The molecule has 3 nitrogen and oxygen atoms in total. The summed E-state index contributed by atoms with van der Waals surface area (Å²) < 4.78 is 0. The highest BCUT2D eigenvalue weighted by Crippen LogP contribution is 2.65. The lowest BCUT2D eigenvalue weighted by Gasteiger charge is -2.37. The highest BCUT2D eigenvalue weighted by molar-refractivity contribution is 6.23. The van der Waals surface area contributed by atoms with Gasteiger partial charge in [-0.1, -0.05) is 44.2 Å². The molecule has 2 saturated carbocycles. The third kappa shape index (κ3) is 1.63. The van der Waals surface area contributed by atoms with Gasteiger partial charge in [0.25, 0.3) is 0 Å². The normalized spacial score (nSPS) is 38.5. The van der Waals surface area contributed by atoms with E-state index in [2.05, 4.69) is 38.1 Å². The fourth-order valence-corrected chi connectivity index (χ4v) is 5.68. The summed E-state index contributed by atoms with van der Waals surface area (Å²) in [7, 11) is 0. The summed E-state index contributed by atoms with van der Waals surface area (Å²) >= 11 is 0. The lowest BCUT2D eigenvalue weighted by molar-refractivity contribution is -0.124. The van der Waals surface area contributed by atoms with Crippen LogP contribution in [0.25, 0.3) is 0 Å². The number of benzene rings is 1. The van der Waals surface area contributed by atoms with Gasteiger partial charge in [0.1, 0.15) is 0 Å². The Balaban J connectivity index is 1.63. The standard InChI is InChI=1S/C21H23NO2/c1-3-11-6-5-7-12(4-2)19(11)22-20(23)17-13-8-9-14(16-10-15(13)16)18(17)21(22)24/h5-9,13-18H,3-4,10H2,1-2H3/t13-,14-,15-,16-,17+,18+/m0/s1. The molecule has 1 aliphatic heterocycles. The molecule has 24 heavy (non-hydrogen) atoms. The van der Waals surface area contributed by atoms with E-state index < -0.39 is 0 Å². The quantitative estimate of drug-likeness (QED) is 0.632. The molecule has 0 radical (unpaired) electrons. The van der Waals surface area contributed by atoms with Crippen LogP contribution in [0.2, 0.25) is 0 Å². The molecule has 2 amide bonds. The SMILES string of the molecule is CCc1cccc(CC)c1N1C(=O)[C@@H]2[C@H]3C=C[C@@H]([C@@H]4C[C@@H]34)[C@H]2C1=O. The van der Waals surface area contributed by atoms with Crippen molar-refractivity contribution in [3.63, 3.8) is 0 Å². The van der Waals surface area contributed by atoms with Crippen LogP contribution in [0.5, 0.6) is 0 Å². The Labute approximate surface area is 142 Å². The highest BCUT2D eigenvalue weighted by atomic mass is 16.2. The summed E-state index contributed by atoms with van der Waals surface area (Å²) in [5.74, 6) is 1.82. The van der Waals surface area contributed by atoms with E-state index in [9.17, 15) is 9.59 Å². The van der Waals surface area contributed by atoms with Crippen molar-refractivity contribution < 1.29 is 9.59 Å². The van der Waals surface area contributed by atoms with Gasteiger partial charge in [0.05, 0.1) is 17.5 Å². The van der Waals surface area contributed by atoms with Gasteiger partial charge in [0.2, 0.25) is 11.8 Å². The fourth-order valence-electron chi connectivity index (χ4n) is 5.68. The van der Waals surface area contributed by atoms with Gasteiger partial charge in [-0.3, -0.25) is 9.59 Å². The molecule has 3 heteroatoms. The van der Waals surface area contributed by atoms with Gasteiger partial charge in [0.15, 0.2) is 0 Å². The molecule has 124 valence electrons. The molecular weight excluding hydrogens is 298 g/mol. The molecule has 1 heterocycles. The lowest BCUT2D eigenvalue weighted by Crippen LogP contribution is -2.40. The third-order valence-corrected chi connectivity index (χ3v) is 6.85. The summed E-state index contributed by atoms with van der Waals surface area (Å²) in [6.07, 6.45) is 7.36. The number of hydrogen-bond acceptors (Lipinski definition) is 2. The van der Waals surface area contributed by atoms with E-state index in [1.54, 1.807) is 4.90 Å². The Morgan fingerprint density at radius 1 is 0.917 bits per heavy atom. The summed E-state index contributed by atoms with van der Waals surface area (Å²) in [6, 6.07) is 6.16. The van der Waals surface area contributed by atoms with Crippen LogP contribution >= 0.6 is 0 Å². The van der Waals surface area contributed by atoms with E-state index in [-0.39, 0.29) is 23.7 Å². The zero-order valence-corrected chi connectivity index (χ0v) is 14.2. The average Bonchev–Trinajstić information content (AvgIpc) is 3.39. The van der Waals surface area contributed by atoms with Gasteiger partial charge < -0.3 is 0 Å². The smallest absolute Gasteiger partial charge is 0.238 e. The van der Waals surface area contributed by atoms with Crippen LogP contribution in [0.3, 0.4) is 0 Å². The topological polar surface area (TPSA) is 37.4 Å². The van der Waals surface area contributed by atoms with Crippen LogP contribution in [-0.2, 0) is 22.4 Å². The molecule has 0 N–H and O–H groups in total. The molecule has 1 aromatic carbocycles. The number of aryl methyl sites for hydroxylation is 2. The average molecular weight is 321 g/mol. The van der Waals surface area contributed by atoms with E-state index in [4.69, 9.17) is 0 Å². The number of allylic oxidation sites excluding steroid dienone is 2. The number of carbonyl (C=O) groups is 2. The Kier molecular flexibility index (Phi) is 2.89. The molecule has 0 aromatic heterocycles. The molecule has 4 aliphatic carbocycles. The van der Waals surface area contributed by atoms with Crippen molar-refractivity contribution in [2.75, 3.05) is 4.90 Å². The first kappa shape index (κ1) is 14.4. The largest absolute Gasteiger partial charge is 0.274 e. The summed E-state index contributed by atoms with van der Waals surface area (Å²) in [4.78, 5) is 28.2. The van der Waals surface area contributed by atoms with Gasteiger partial charge in [0, 0.05) is 0 Å². The third-order valence-electron chi connectivity index (χ3n) is 6.85. The number of para-hydroxylation sites is 1. The zero-order chi connectivity index (χ0) is 16.6. The molecule has 1 saturated heterocycles. The number of nitrogens with zero attached hydrogens (tertiary/aromatic N) is 1.